The summed E-state index contributed by atoms with van der Waals surface area (Å²) >= 11 is 0. The van der Waals surface area contributed by atoms with Crippen molar-refractivity contribution in [3.8, 4) is 0 Å². The minimum absolute atomic E-state index is 0.876. The quantitative estimate of drug-likeness (QED) is 0.597. The summed E-state index contributed by atoms with van der Waals surface area (Å²) in [6.45, 7) is 5.40. The van der Waals surface area contributed by atoms with Crippen LogP contribution in [0.2, 0.25) is 0 Å². The molecule has 0 aliphatic carbocycles. The summed E-state index contributed by atoms with van der Waals surface area (Å²) in [5.74, 6) is 0. The minimum atomic E-state index is 0.876. The molecule has 0 heterocycles. The second kappa shape index (κ2) is 3.81. The predicted molar refractivity (Wildman–Crippen MR) is 45.7 cm³/mol. The van der Waals surface area contributed by atoms with Crippen LogP contribution in [0.3, 0.4) is 0 Å². The first-order valence-corrected chi connectivity index (χ1v) is 3.51. The van der Waals surface area contributed by atoms with E-state index >= 15 is 0 Å². The van der Waals surface area contributed by atoms with Crippen molar-refractivity contribution >= 4 is 0 Å². The molecule has 1 rings (SSSR count). The Morgan fingerprint density at radius 2 is 2.00 bits per heavy atom. The van der Waals surface area contributed by atoms with Crippen LogP contribution in [0.25, 0.3) is 0 Å². The zero-order valence-corrected chi connectivity index (χ0v) is 6.58. The lowest BCUT2D eigenvalue weighted by molar-refractivity contribution is 0.291. The highest BCUT2D eigenvalue weighted by molar-refractivity contribution is 5.25. The number of rotatable bonds is 3. The fraction of sp³-hybridized carbons (Fsp3) is 0.100. The van der Waals surface area contributed by atoms with E-state index in [2.05, 4.69) is 6.58 Å². The molecular formula is C10H11O. The van der Waals surface area contributed by atoms with E-state index in [1.807, 2.05) is 37.3 Å². The van der Waals surface area contributed by atoms with Crippen molar-refractivity contribution < 1.29 is 4.74 Å². The van der Waals surface area contributed by atoms with E-state index in [1.54, 1.807) is 0 Å². The summed E-state index contributed by atoms with van der Waals surface area (Å²) in [6.07, 6.45) is 2.31. The summed E-state index contributed by atoms with van der Waals surface area (Å²) < 4.78 is 5.11. The molecule has 1 heteroatoms. The molecule has 1 aromatic rings. The maximum Gasteiger partial charge on any atom is 0.173 e. The van der Waals surface area contributed by atoms with Gasteiger partial charge in [0.2, 0.25) is 0 Å². The van der Waals surface area contributed by atoms with Crippen LogP contribution in [0.1, 0.15) is 12.5 Å². The maximum atomic E-state index is 5.11. The van der Waals surface area contributed by atoms with Gasteiger partial charge in [0.15, 0.2) is 6.10 Å². The SMILES string of the molecule is C=CO[C](C)c1ccccc1. The van der Waals surface area contributed by atoms with Gasteiger partial charge in [-0.3, -0.25) is 0 Å². The van der Waals surface area contributed by atoms with Crippen molar-refractivity contribution in [3.05, 3.63) is 54.8 Å². The van der Waals surface area contributed by atoms with Crippen molar-refractivity contribution in [1.82, 2.24) is 0 Å². The first kappa shape index (κ1) is 7.86. The zero-order chi connectivity index (χ0) is 8.10. The molecule has 0 aromatic heterocycles. The van der Waals surface area contributed by atoms with Crippen molar-refractivity contribution in [2.45, 2.75) is 6.92 Å². The fourth-order valence-electron chi connectivity index (χ4n) is 0.866. The molecule has 1 radical (unpaired) electrons. The number of hydrogen-bond acceptors (Lipinski definition) is 1. The second-order valence-corrected chi connectivity index (χ2v) is 2.21. The third-order valence-corrected chi connectivity index (χ3v) is 1.44. The molecule has 0 unspecified atom stereocenters. The van der Waals surface area contributed by atoms with Crippen LogP contribution in [-0.4, -0.2) is 0 Å². The van der Waals surface area contributed by atoms with E-state index < -0.39 is 0 Å². The molecule has 0 amide bonds. The Bertz CT molecular complexity index is 216. The molecule has 1 aromatic carbocycles. The van der Waals surface area contributed by atoms with Gasteiger partial charge in [-0.15, -0.1) is 0 Å². The largest absolute Gasteiger partial charge is 0.486 e. The molecule has 0 saturated carbocycles. The summed E-state index contributed by atoms with van der Waals surface area (Å²) in [7, 11) is 0. The van der Waals surface area contributed by atoms with E-state index in [-0.39, 0.29) is 0 Å². The Balaban J connectivity index is 2.68. The molecule has 57 valence electrons. The summed E-state index contributed by atoms with van der Waals surface area (Å²) in [5, 5.41) is 0. The van der Waals surface area contributed by atoms with E-state index in [0.29, 0.717) is 0 Å². The number of hydrogen-bond donors (Lipinski definition) is 0. The molecule has 1 nitrogen and oxygen atoms in total. The van der Waals surface area contributed by atoms with Gasteiger partial charge in [-0.1, -0.05) is 36.9 Å². The van der Waals surface area contributed by atoms with Gasteiger partial charge in [0, 0.05) is 0 Å². The standard InChI is InChI=1S/C10H11O/c1-3-11-9(2)10-7-5-4-6-8-10/h3-8H,1H2,2H3. The minimum Gasteiger partial charge on any atom is -0.486 e. The molecule has 0 fully saturated rings. The van der Waals surface area contributed by atoms with Gasteiger partial charge in [0.1, 0.15) is 0 Å². The fourth-order valence-corrected chi connectivity index (χ4v) is 0.866. The van der Waals surface area contributed by atoms with Gasteiger partial charge < -0.3 is 4.74 Å². The smallest absolute Gasteiger partial charge is 0.173 e. The first-order chi connectivity index (χ1) is 5.34. The molecule has 0 aliphatic heterocycles. The van der Waals surface area contributed by atoms with Crippen LogP contribution in [-0.2, 0) is 4.74 Å². The zero-order valence-electron chi connectivity index (χ0n) is 6.58. The van der Waals surface area contributed by atoms with Crippen molar-refractivity contribution in [2.24, 2.45) is 0 Å². The molecule has 0 bridgehead atoms. The third kappa shape index (κ3) is 2.11. The van der Waals surface area contributed by atoms with Crippen LogP contribution in [0.4, 0.5) is 0 Å². The molecule has 11 heavy (non-hydrogen) atoms. The van der Waals surface area contributed by atoms with Crippen molar-refractivity contribution in [2.75, 3.05) is 0 Å². The van der Waals surface area contributed by atoms with E-state index in [1.165, 1.54) is 6.26 Å². The van der Waals surface area contributed by atoms with Crippen LogP contribution in [0, 0.1) is 6.10 Å². The Hall–Kier alpha value is -1.24. The predicted octanol–water partition coefficient (Wildman–Crippen LogP) is 2.75. The molecule has 0 N–H and O–H groups in total. The average molecular weight is 147 g/mol. The van der Waals surface area contributed by atoms with E-state index in [9.17, 15) is 0 Å². The number of benzene rings is 1. The van der Waals surface area contributed by atoms with Crippen LogP contribution in [0.5, 0.6) is 0 Å². The number of ether oxygens (including phenoxy) is 1. The Morgan fingerprint density at radius 3 is 2.55 bits per heavy atom. The highest BCUT2D eigenvalue weighted by Gasteiger charge is 2.03. The van der Waals surface area contributed by atoms with Gasteiger partial charge in [-0.2, -0.15) is 0 Å². The summed E-state index contributed by atoms with van der Waals surface area (Å²) in [6, 6.07) is 9.93. The molecule has 0 atom stereocenters. The summed E-state index contributed by atoms with van der Waals surface area (Å²) in [4.78, 5) is 0. The molecule has 0 aliphatic rings. The Morgan fingerprint density at radius 1 is 1.36 bits per heavy atom. The van der Waals surface area contributed by atoms with Gasteiger partial charge >= 0.3 is 0 Å². The van der Waals surface area contributed by atoms with Crippen LogP contribution in [0.15, 0.2) is 43.2 Å². The first-order valence-electron chi connectivity index (χ1n) is 3.51. The Labute approximate surface area is 67.3 Å². The lowest BCUT2D eigenvalue weighted by Gasteiger charge is -2.08. The van der Waals surface area contributed by atoms with Crippen molar-refractivity contribution in [3.63, 3.8) is 0 Å². The van der Waals surface area contributed by atoms with E-state index in [4.69, 9.17) is 4.74 Å². The normalized spacial score (nSPS) is 9.64. The van der Waals surface area contributed by atoms with Crippen molar-refractivity contribution in [1.29, 1.82) is 0 Å². The highest BCUT2D eigenvalue weighted by Crippen LogP contribution is 2.14. The average Bonchev–Trinajstić information content (AvgIpc) is 2.07. The summed E-state index contributed by atoms with van der Waals surface area (Å²) in [5.41, 5.74) is 1.09. The highest BCUT2D eigenvalue weighted by atomic mass is 16.5. The van der Waals surface area contributed by atoms with Crippen LogP contribution >= 0.6 is 0 Å². The van der Waals surface area contributed by atoms with Gasteiger partial charge in [0.25, 0.3) is 0 Å². The van der Waals surface area contributed by atoms with Gasteiger partial charge in [-0.05, 0) is 12.5 Å². The molecular weight excluding hydrogens is 136 g/mol. The topological polar surface area (TPSA) is 9.23 Å². The lowest BCUT2D eigenvalue weighted by atomic mass is 10.1. The van der Waals surface area contributed by atoms with Gasteiger partial charge in [0.05, 0.1) is 6.26 Å². The maximum absolute atomic E-state index is 5.11. The third-order valence-electron chi connectivity index (χ3n) is 1.44. The molecule has 0 spiro atoms. The second-order valence-electron chi connectivity index (χ2n) is 2.21. The molecule has 0 saturated heterocycles. The Kier molecular flexibility index (Phi) is 2.73. The van der Waals surface area contributed by atoms with Gasteiger partial charge in [-0.25, -0.2) is 0 Å². The monoisotopic (exact) mass is 147 g/mol. The van der Waals surface area contributed by atoms with E-state index in [0.717, 1.165) is 11.7 Å². The van der Waals surface area contributed by atoms with Crippen LogP contribution < -0.4 is 0 Å². The lowest BCUT2D eigenvalue weighted by Crippen LogP contribution is -1.94.